The molecule has 1 aliphatic rings. The molecule has 0 aromatic heterocycles. The number of rotatable bonds is 6. The Morgan fingerprint density at radius 2 is 1.95 bits per heavy atom. The summed E-state index contributed by atoms with van der Waals surface area (Å²) in [5.74, 6) is -2.04. The molecule has 2 amide bonds. The second kappa shape index (κ2) is 6.89. The first-order chi connectivity index (χ1) is 9.65. The number of aliphatic carboxylic acids is 1. The molecular formula is C14H24N2O5. The lowest BCUT2D eigenvalue weighted by Gasteiger charge is -2.31. The molecule has 2 unspecified atom stereocenters. The minimum atomic E-state index is -1.04. The quantitative estimate of drug-likeness (QED) is 0.638. The number of nitrogens with one attached hydrogen (secondary N) is 1. The third-order valence-electron chi connectivity index (χ3n) is 3.60. The molecular weight excluding hydrogens is 276 g/mol. The number of hydrogen-bond donors (Lipinski definition) is 3. The zero-order valence-corrected chi connectivity index (χ0v) is 12.9. The van der Waals surface area contributed by atoms with Gasteiger partial charge in [0.25, 0.3) is 0 Å². The van der Waals surface area contributed by atoms with Crippen molar-refractivity contribution in [2.24, 2.45) is 5.92 Å². The van der Waals surface area contributed by atoms with Gasteiger partial charge in [-0.15, -0.1) is 0 Å². The zero-order chi connectivity index (χ0) is 16.3. The Labute approximate surface area is 124 Å². The molecule has 7 heteroatoms. The molecule has 0 radical (unpaired) electrons. The summed E-state index contributed by atoms with van der Waals surface area (Å²) in [5, 5.41) is 21.0. The van der Waals surface area contributed by atoms with Gasteiger partial charge in [0, 0.05) is 6.04 Å². The predicted octanol–water partition coefficient (Wildman–Crippen LogP) is -0.0279. The van der Waals surface area contributed by atoms with Gasteiger partial charge in [-0.1, -0.05) is 13.8 Å². The average molecular weight is 300 g/mol. The summed E-state index contributed by atoms with van der Waals surface area (Å²) in [6, 6.07) is -1.86. The van der Waals surface area contributed by atoms with Crippen LogP contribution in [0.1, 0.15) is 40.5 Å². The molecule has 1 rings (SSSR count). The largest absolute Gasteiger partial charge is 0.480 e. The number of aliphatic hydroxyl groups excluding tert-OH is 1. The Hall–Kier alpha value is -1.63. The number of carbonyl (C=O) groups is 3. The minimum absolute atomic E-state index is 0.0787. The lowest BCUT2D eigenvalue weighted by molar-refractivity contribution is -0.152. The monoisotopic (exact) mass is 300 g/mol. The highest BCUT2D eigenvalue weighted by Crippen LogP contribution is 2.25. The van der Waals surface area contributed by atoms with Crippen LogP contribution in [-0.4, -0.2) is 57.1 Å². The van der Waals surface area contributed by atoms with Crippen molar-refractivity contribution in [2.45, 2.75) is 64.8 Å². The molecule has 0 saturated carbocycles. The summed E-state index contributed by atoms with van der Waals surface area (Å²) in [5.41, 5.74) is 0. The van der Waals surface area contributed by atoms with Crippen LogP contribution in [0.25, 0.3) is 0 Å². The van der Waals surface area contributed by atoms with E-state index in [1.807, 2.05) is 0 Å². The van der Waals surface area contributed by atoms with E-state index in [9.17, 15) is 19.5 Å². The molecule has 0 bridgehead atoms. The van der Waals surface area contributed by atoms with Crippen LogP contribution in [0.3, 0.4) is 0 Å². The normalized spacial score (nSPS) is 25.0. The second-order valence-corrected chi connectivity index (χ2v) is 6.03. The van der Waals surface area contributed by atoms with Crippen LogP contribution < -0.4 is 5.32 Å². The van der Waals surface area contributed by atoms with E-state index in [1.165, 1.54) is 11.8 Å². The molecule has 120 valence electrons. The number of hydrogen-bond acceptors (Lipinski definition) is 4. The predicted molar refractivity (Wildman–Crippen MR) is 75.4 cm³/mol. The molecule has 1 fully saturated rings. The minimum Gasteiger partial charge on any atom is -0.480 e. The zero-order valence-electron chi connectivity index (χ0n) is 12.9. The second-order valence-electron chi connectivity index (χ2n) is 6.03. The van der Waals surface area contributed by atoms with Crippen molar-refractivity contribution in [3.63, 3.8) is 0 Å². The van der Waals surface area contributed by atoms with Crippen molar-refractivity contribution in [1.29, 1.82) is 0 Å². The Bertz CT molecular complexity index is 422. The van der Waals surface area contributed by atoms with E-state index in [4.69, 9.17) is 5.11 Å². The summed E-state index contributed by atoms with van der Waals surface area (Å²) >= 11 is 0. The highest BCUT2D eigenvalue weighted by Gasteiger charge is 2.44. The van der Waals surface area contributed by atoms with Gasteiger partial charge in [-0.25, -0.2) is 4.79 Å². The fraction of sp³-hybridized carbons (Fsp3) is 0.786. The fourth-order valence-electron chi connectivity index (χ4n) is 2.73. The molecule has 0 aromatic carbocycles. The van der Waals surface area contributed by atoms with Crippen molar-refractivity contribution >= 4 is 17.8 Å². The molecule has 1 aliphatic heterocycles. The Balaban J connectivity index is 2.81. The molecule has 4 atom stereocenters. The lowest BCUT2D eigenvalue weighted by atomic mass is 10.0. The SMILES string of the molecule is CC(O)CC(=O)N[C@H]1CC(C)N([C@H](C(=O)O)C(C)C)C1=O. The molecule has 0 spiro atoms. The molecule has 0 aromatic rings. The number of aliphatic hydroxyl groups is 1. The van der Waals surface area contributed by atoms with Crippen LogP contribution in [0, 0.1) is 5.92 Å². The van der Waals surface area contributed by atoms with Crippen molar-refractivity contribution in [2.75, 3.05) is 0 Å². The Morgan fingerprint density at radius 1 is 1.38 bits per heavy atom. The maximum atomic E-state index is 12.4. The molecule has 3 N–H and O–H groups in total. The van der Waals surface area contributed by atoms with Gasteiger partial charge in [-0.2, -0.15) is 0 Å². The number of amides is 2. The fourth-order valence-corrected chi connectivity index (χ4v) is 2.73. The average Bonchev–Trinajstić information content (AvgIpc) is 2.55. The van der Waals surface area contributed by atoms with Gasteiger partial charge >= 0.3 is 5.97 Å². The van der Waals surface area contributed by atoms with E-state index in [-0.39, 0.29) is 24.3 Å². The van der Waals surface area contributed by atoms with Gasteiger partial charge in [0.15, 0.2) is 0 Å². The van der Waals surface area contributed by atoms with E-state index in [2.05, 4.69) is 5.32 Å². The smallest absolute Gasteiger partial charge is 0.326 e. The van der Waals surface area contributed by atoms with Crippen LogP contribution in [0.2, 0.25) is 0 Å². The first-order valence-corrected chi connectivity index (χ1v) is 7.17. The van der Waals surface area contributed by atoms with Gasteiger partial charge in [-0.3, -0.25) is 9.59 Å². The third-order valence-corrected chi connectivity index (χ3v) is 3.60. The number of carboxylic acid groups (broad SMARTS) is 1. The topological polar surface area (TPSA) is 107 Å². The van der Waals surface area contributed by atoms with Crippen LogP contribution >= 0.6 is 0 Å². The number of carbonyl (C=O) groups excluding carboxylic acids is 2. The van der Waals surface area contributed by atoms with Crippen molar-refractivity contribution < 1.29 is 24.6 Å². The Kier molecular flexibility index (Phi) is 5.71. The van der Waals surface area contributed by atoms with E-state index in [0.29, 0.717) is 6.42 Å². The highest BCUT2D eigenvalue weighted by molar-refractivity contribution is 5.92. The number of carboxylic acids is 1. The third kappa shape index (κ3) is 4.17. The van der Waals surface area contributed by atoms with E-state index >= 15 is 0 Å². The van der Waals surface area contributed by atoms with E-state index in [0.717, 1.165) is 0 Å². The highest BCUT2D eigenvalue weighted by atomic mass is 16.4. The van der Waals surface area contributed by atoms with Crippen molar-refractivity contribution in [1.82, 2.24) is 10.2 Å². The van der Waals surface area contributed by atoms with E-state index in [1.54, 1.807) is 20.8 Å². The molecule has 1 saturated heterocycles. The summed E-state index contributed by atoms with van der Waals surface area (Å²) in [7, 11) is 0. The van der Waals surface area contributed by atoms with E-state index < -0.39 is 30.1 Å². The van der Waals surface area contributed by atoms with Crippen molar-refractivity contribution in [3.8, 4) is 0 Å². The maximum absolute atomic E-state index is 12.4. The standard InChI is InChI=1S/C14H24N2O5/c1-7(2)12(14(20)21)16-8(3)5-10(13(16)19)15-11(18)6-9(4)17/h7-10,12,17H,5-6H2,1-4H3,(H,15,18)(H,20,21)/t8?,9?,10-,12-/m0/s1. The molecule has 1 heterocycles. The molecule has 7 nitrogen and oxygen atoms in total. The maximum Gasteiger partial charge on any atom is 0.326 e. The molecule has 21 heavy (non-hydrogen) atoms. The number of nitrogens with zero attached hydrogens (tertiary/aromatic N) is 1. The summed E-state index contributed by atoms with van der Waals surface area (Å²) < 4.78 is 0. The van der Waals surface area contributed by atoms with Crippen LogP contribution in [0.15, 0.2) is 0 Å². The summed E-state index contributed by atoms with van der Waals surface area (Å²) in [6.07, 6.45) is -0.483. The van der Waals surface area contributed by atoms with Gasteiger partial charge in [0.2, 0.25) is 11.8 Å². The van der Waals surface area contributed by atoms with Crippen molar-refractivity contribution in [3.05, 3.63) is 0 Å². The van der Waals surface area contributed by atoms with Crippen LogP contribution in [0.4, 0.5) is 0 Å². The first-order valence-electron chi connectivity index (χ1n) is 7.17. The van der Waals surface area contributed by atoms with Gasteiger partial charge in [0.05, 0.1) is 12.5 Å². The summed E-state index contributed by atoms with van der Waals surface area (Å²) in [4.78, 5) is 36.7. The van der Waals surface area contributed by atoms with Crippen LogP contribution in [0.5, 0.6) is 0 Å². The molecule has 0 aliphatic carbocycles. The lowest BCUT2D eigenvalue weighted by Crippen LogP contribution is -2.51. The van der Waals surface area contributed by atoms with Gasteiger partial charge in [-0.05, 0) is 26.2 Å². The van der Waals surface area contributed by atoms with Gasteiger partial charge < -0.3 is 20.4 Å². The first kappa shape index (κ1) is 17.4. The number of likely N-dealkylation sites (tertiary alicyclic amines) is 1. The summed E-state index contributed by atoms with van der Waals surface area (Å²) in [6.45, 7) is 6.76. The Morgan fingerprint density at radius 3 is 2.38 bits per heavy atom. The van der Waals surface area contributed by atoms with Crippen LogP contribution in [-0.2, 0) is 14.4 Å². The van der Waals surface area contributed by atoms with Gasteiger partial charge in [0.1, 0.15) is 12.1 Å².